The SMILES string of the molecule is C=CCc1cc(/C=N\O)cc(OC)c1OCC. The van der Waals surface area contributed by atoms with Crippen LogP contribution in [0.4, 0.5) is 0 Å². The van der Waals surface area contributed by atoms with Crippen molar-refractivity contribution in [2.24, 2.45) is 5.16 Å². The first-order chi connectivity index (χ1) is 8.26. The van der Waals surface area contributed by atoms with Crippen LogP contribution in [0.15, 0.2) is 29.9 Å². The fraction of sp³-hybridized carbons (Fsp3) is 0.308. The number of oxime groups is 1. The van der Waals surface area contributed by atoms with Crippen molar-refractivity contribution >= 4 is 6.21 Å². The first-order valence-corrected chi connectivity index (χ1v) is 5.38. The summed E-state index contributed by atoms with van der Waals surface area (Å²) in [4.78, 5) is 0. The van der Waals surface area contributed by atoms with E-state index in [-0.39, 0.29) is 0 Å². The molecule has 0 aromatic heterocycles. The molecule has 0 unspecified atom stereocenters. The van der Waals surface area contributed by atoms with E-state index in [1.165, 1.54) is 6.21 Å². The fourth-order valence-electron chi connectivity index (χ4n) is 1.59. The molecule has 0 spiro atoms. The summed E-state index contributed by atoms with van der Waals surface area (Å²) in [7, 11) is 1.58. The first kappa shape index (κ1) is 13.1. The van der Waals surface area contributed by atoms with Gasteiger partial charge in [-0.05, 0) is 25.5 Å². The lowest BCUT2D eigenvalue weighted by molar-refractivity contribution is 0.308. The van der Waals surface area contributed by atoms with Crippen molar-refractivity contribution in [2.45, 2.75) is 13.3 Å². The molecule has 92 valence electrons. The Morgan fingerprint density at radius 1 is 1.47 bits per heavy atom. The summed E-state index contributed by atoms with van der Waals surface area (Å²) in [5.74, 6) is 1.34. The second kappa shape index (κ2) is 6.58. The summed E-state index contributed by atoms with van der Waals surface area (Å²) in [6.45, 7) is 6.19. The number of benzene rings is 1. The van der Waals surface area contributed by atoms with Gasteiger partial charge < -0.3 is 14.7 Å². The molecule has 0 aliphatic heterocycles. The van der Waals surface area contributed by atoms with Crippen molar-refractivity contribution in [3.8, 4) is 11.5 Å². The van der Waals surface area contributed by atoms with Crippen molar-refractivity contribution in [1.82, 2.24) is 0 Å². The number of allylic oxidation sites excluding steroid dienone is 1. The summed E-state index contributed by atoms with van der Waals surface area (Å²) in [5.41, 5.74) is 1.71. The third-order valence-corrected chi connectivity index (χ3v) is 2.23. The minimum absolute atomic E-state index is 0.563. The Morgan fingerprint density at radius 3 is 2.76 bits per heavy atom. The monoisotopic (exact) mass is 235 g/mol. The summed E-state index contributed by atoms with van der Waals surface area (Å²) >= 11 is 0. The number of hydrogen-bond acceptors (Lipinski definition) is 4. The Bertz CT molecular complexity index is 413. The molecule has 17 heavy (non-hydrogen) atoms. The zero-order valence-electron chi connectivity index (χ0n) is 10.1. The first-order valence-electron chi connectivity index (χ1n) is 5.38. The van der Waals surface area contributed by atoms with E-state index in [0.29, 0.717) is 24.5 Å². The molecule has 0 amide bonds. The average Bonchev–Trinajstić information content (AvgIpc) is 2.33. The van der Waals surface area contributed by atoms with Crippen molar-refractivity contribution in [2.75, 3.05) is 13.7 Å². The molecule has 0 saturated heterocycles. The molecule has 1 aromatic carbocycles. The maximum Gasteiger partial charge on any atom is 0.164 e. The van der Waals surface area contributed by atoms with Crippen LogP contribution < -0.4 is 9.47 Å². The van der Waals surface area contributed by atoms with Gasteiger partial charge in [0.2, 0.25) is 0 Å². The molecular formula is C13H17NO3. The summed E-state index contributed by atoms with van der Waals surface area (Å²) in [6.07, 6.45) is 3.81. The third kappa shape index (κ3) is 3.24. The molecule has 0 aliphatic carbocycles. The Balaban J connectivity index is 3.28. The molecule has 0 fully saturated rings. The Kier molecular flexibility index (Phi) is 5.07. The summed E-state index contributed by atoms with van der Waals surface area (Å²) < 4.78 is 10.8. The van der Waals surface area contributed by atoms with E-state index in [4.69, 9.17) is 14.7 Å². The standard InChI is InChI=1S/C13H17NO3/c1-4-6-11-7-10(9-14-15)8-12(16-3)13(11)17-5-2/h4,7-9,15H,1,5-6H2,2-3H3/b14-9-. The topological polar surface area (TPSA) is 51.1 Å². The van der Waals surface area contributed by atoms with Crippen LogP contribution in [0.25, 0.3) is 0 Å². The largest absolute Gasteiger partial charge is 0.493 e. The normalized spacial score (nSPS) is 10.5. The number of nitrogens with zero attached hydrogens (tertiary/aromatic N) is 1. The van der Waals surface area contributed by atoms with Gasteiger partial charge in [-0.3, -0.25) is 0 Å². The maximum atomic E-state index is 8.55. The quantitative estimate of drug-likeness (QED) is 0.357. The highest BCUT2D eigenvalue weighted by atomic mass is 16.5. The Labute approximate surface area is 101 Å². The lowest BCUT2D eigenvalue weighted by Crippen LogP contribution is -2.01. The van der Waals surface area contributed by atoms with Gasteiger partial charge in [-0.25, -0.2) is 0 Å². The Morgan fingerprint density at radius 2 is 2.24 bits per heavy atom. The fourth-order valence-corrected chi connectivity index (χ4v) is 1.59. The molecule has 1 rings (SSSR count). The number of rotatable bonds is 6. The van der Waals surface area contributed by atoms with Gasteiger partial charge in [0, 0.05) is 11.1 Å². The molecule has 4 heteroatoms. The van der Waals surface area contributed by atoms with E-state index < -0.39 is 0 Å². The van der Waals surface area contributed by atoms with Crippen LogP contribution in [0, 0.1) is 0 Å². The highest BCUT2D eigenvalue weighted by Crippen LogP contribution is 2.33. The van der Waals surface area contributed by atoms with Crippen LogP contribution in [0.2, 0.25) is 0 Å². The van der Waals surface area contributed by atoms with Crippen molar-refractivity contribution in [3.05, 3.63) is 35.9 Å². The van der Waals surface area contributed by atoms with Crippen LogP contribution in [-0.4, -0.2) is 25.1 Å². The van der Waals surface area contributed by atoms with Crippen LogP contribution in [-0.2, 0) is 6.42 Å². The highest BCUT2D eigenvalue weighted by molar-refractivity contribution is 5.81. The molecule has 0 atom stereocenters. The summed E-state index contributed by atoms with van der Waals surface area (Å²) in [6, 6.07) is 3.65. The maximum absolute atomic E-state index is 8.55. The minimum Gasteiger partial charge on any atom is -0.493 e. The van der Waals surface area contributed by atoms with E-state index in [9.17, 15) is 0 Å². The second-order valence-electron chi connectivity index (χ2n) is 3.38. The highest BCUT2D eigenvalue weighted by Gasteiger charge is 2.11. The smallest absolute Gasteiger partial charge is 0.164 e. The number of hydrogen-bond donors (Lipinski definition) is 1. The van der Waals surface area contributed by atoms with Gasteiger partial charge in [0.1, 0.15) is 0 Å². The molecule has 0 aliphatic rings. The van der Waals surface area contributed by atoms with Gasteiger partial charge in [0.25, 0.3) is 0 Å². The predicted octanol–water partition coefficient (Wildman–Crippen LogP) is 2.63. The van der Waals surface area contributed by atoms with E-state index in [2.05, 4.69) is 11.7 Å². The van der Waals surface area contributed by atoms with Gasteiger partial charge in [-0.15, -0.1) is 6.58 Å². The van der Waals surface area contributed by atoms with E-state index in [1.807, 2.05) is 13.0 Å². The summed E-state index contributed by atoms with van der Waals surface area (Å²) in [5, 5.41) is 11.6. The number of ether oxygens (including phenoxy) is 2. The molecular weight excluding hydrogens is 218 g/mol. The molecule has 1 N–H and O–H groups in total. The van der Waals surface area contributed by atoms with E-state index >= 15 is 0 Å². The molecule has 0 heterocycles. The molecule has 1 aromatic rings. The average molecular weight is 235 g/mol. The van der Waals surface area contributed by atoms with Gasteiger partial charge in [-0.1, -0.05) is 11.2 Å². The minimum atomic E-state index is 0.563. The van der Waals surface area contributed by atoms with Crippen LogP contribution in [0.5, 0.6) is 11.5 Å². The van der Waals surface area contributed by atoms with E-state index in [0.717, 1.165) is 11.1 Å². The van der Waals surface area contributed by atoms with Crippen molar-refractivity contribution in [3.63, 3.8) is 0 Å². The molecule has 0 radical (unpaired) electrons. The van der Waals surface area contributed by atoms with Gasteiger partial charge in [0.15, 0.2) is 11.5 Å². The lowest BCUT2D eigenvalue weighted by Gasteiger charge is -2.14. The second-order valence-corrected chi connectivity index (χ2v) is 3.38. The lowest BCUT2D eigenvalue weighted by atomic mass is 10.1. The third-order valence-electron chi connectivity index (χ3n) is 2.23. The van der Waals surface area contributed by atoms with Crippen LogP contribution >= 0.6 is 0 Å². The zero-order chi connectivity index (χ0) is 12.7. The van der Waals surface area contributed by atoms with Gasteiger partial charge >= 0.3 is 0 Å². The van der Waals surface area contributed by atoms with Gasteiger partial charge in [0.05, 0.1) is 19.9 Å². The van der Waals surface area contributed by atoms with E-state index in [1.54, 1.807) is 19.3 Å². The van der Waals surface area contributed by atoms with Crippen LogP contribution in [0.1, 0.15) is 18.1 Å². The Hall–Kier alpha value is -1.97. The zero-order valence-corrected chi connectivity index (χ0v) is 10.1. The van der Waals surface area contributed by atoms with Crippen LogP contribution in [0.3, 0.4) is 0 Å². The van der Waals surface area contributed by atoms with Crippen molar-refractivity contribution in [1.29, 1.82) is 0 Å². The van der Waals surface area contributed by atoms with Gasteiger partial charge in [-0.2, -0.15) is 0 Å². The molecule has 0 bridgehead atoms. The predicted molar refractivity (Wildman–Crippen MR) is 67.4 cm³/mol. The number of methoxy groups -OCH3 is 1. The molecule has 0 saturated carbocycles. The molecule has 4 nitrogen and oxygen atoms in total. The van der Waals surface area contributed by atoms with Crippen molar-refractivity contribution < 1.29 is 14.7 Å².